The first kappa shape index (κ1) is 14.9. The number of aryl methyl sites for hydroxylation is 1. The highest BCUT2D eigenvalue weighted by molar-refractivity contribution is 7.89. The number of non-ortho nitro benzene ring substituents is 1. The molecule has 0 heterocycles. The number of nitrogens with one attached hydrogen (secondary N) is 1. The maximum absolute atomic E-state index is 12.3. The number of benzene rings is 1. The normalized spacial score (nSPS) is 22.4. The van der Waals surface area contributed by atoms with Crippen LogP contribution < -0.4 is 4.72 Å². The second-order valence-electron chi connectivity index (χ2n) is 5.09. The van der Waals surface area contributed by atoms with Gasteiger partial charge in [-0.05, 0) is 37.8 Å². The average Bonchev–Trinajstić information content (AvgIpc) is 2.29. The minimum absolute atomic E-state index is 0.0782. The maximum atomic E-state index is 12.3. The van der Waals surface area contributed by atoms with Crippen LogP contribution in [0.1, 0.15) is 24.0 Å². The van der Waals surface area contributed by atoms with Gasteiger partial charge in [-0.25, -0.2) is 13.1 Å². The van der Waals surface area contributed by atoms with Gasteiger partial charge in [0.05, 0.1) is 15.9 Å². The van der Waals surface area contributed by atoms with Gasteiger partial charge in [0.1, 0.15) is 0 Å². The van der Waals surface area contributed by atoms with Crippen molar-refractivity contribution in [3.8, 4) is 0 Å². The first-order chi connectivity index (χ1) is 9.20. The predicted octanol–water partition coefficient (Wildman–Crippen LogP) is 1.01. The van der Waals surface area contributed by atoms with E-state index in [-0.39, 0.29) is 16.6 Å². The number of nitro groups is 1. The molecule has 0 unspecified atom stereocenters. The molecule has 110 valence electrons. The molecule has 1 aliphatic carbocycles. The van der Waals surface area contributed by atoms with Crippen LogP contribution in [0.5, 0.6) is 0 Å². The predicted molar refractivity (Wildman–Crippen MR) is 71.9 cm³/mol. The molecule has 2 N–H and O–H groups in total. The van der Waals surface area contributed by atoms with Crippen molar-refractivity contribution >= 4 is 15.7 Å². The summed E-state index contributed by atoms with van der Waals surface area (Å²) in [6.45, 7) is 3.25. The summed E-state index contributed by atoms with van der Waals surface area (Å²) in [5.41, 5.74) is 0.790. The molecule has 2 rings (SSSR count). The van der Waals surface area contributed by atoms with Crippen LogP contribution >= 0.6 is 0 Å². The zero-order chi connectivity index (χ0) is 15.1. The summed E-state index contributed by atoms with van der Waals surface area (Å²) in [6.07, 6.45) is 0.258. The largest absolute Gasteiger partial charge is 0.393 e. The Labute approximate surface area is 116 Å². The molecule has 7 nitrogen and oxygen atoms in total. The van der Waals surface area contributed by atoms with Crippen molar-refractivity contribution in [3.05, 3.63) is 33.4 Å². The third-order valence-electron chi connectivity index (χ3n) is 3.54. The Hall–Kier alpha value is -1.51. The van der Waals surface area contributed by atoms with Crippen LogP contribution in [-0.2, 0) is 10.0 Å². The van der Waals surface area contributed by atoms with E-state index in [0.29, 0.717) is 24.0 Å². The molecule has 0 aromatic heterocycles. The van der Waals surface area contributed by atoms with Crippen LogP contribution in [0.25, 0.3) is 0 Å². The van der Waals surface area contributed by atoms with Gasteiger partial charge in [0.25, 0.3) is 5.69 Å². The number of hydrogen-bond acceptors (Lipinski definition) is 5. The number of sulfonamides is 1. The van der Waals surface area contributed by atoms with Crippen molar-refractivity contribution in [2.24, 2.45) is 0 Å². The fourth-order valence-electron chi connectivity index (χ4n) is 2.16. The molecule has 1 aromatic carbocycles. The molecule has 1 aromatic rings. The SMILES string of the molecule is Cc1cc([N+](=O)[O-])cc(S(=O)(=O)NC2CC(O)C2)c1C. The number of nitro benzene ring substituents is 1. The van der Waals surface area contributed by atoms with Gasteiger partial charge < -0.3 is 5.11 Å². The summed E-state index contributed by atoms with van der Waals surface area (Å²) < 4.78 is 27.0. The third kappa shape index (κ3) is 2.82. The molecule has 8 heteroatoms. The van der Waals surface area contributed by atoms with Crippen molar-refractivity contribution in [3.63, 3.8) is 0 Å². The second-order valence-corrected chi connectivity index (χ2v) is 6.77. The molecular formula is C12H16N2O5S. The van der Waals surface area contributed by atoms with E-state index < -0.39 is 21.1 Å². The van der Waals surface area contributed by atoms with E-state index in [1.165, 1.54) is 6.07 Å². The van der Waals surface area contributed by atoms with Gasteiger partial charge >= 0.3 is 0 Å². The number of hydrogen-bond donors (Lipinski definition) is 2. The smallest absolute Gasteiger partial charge is 0.271 e. The molecule has 0 amide bonds. The maximum Gasteiger partial charge on any atom is 0.271 e. The van der Waals surface area contributed by atoms with Crippen LogP contribution in [0.2, 0.25) is 0 Å². The van der Waals surface area contributed by atoms with Gasteiger partial charge in [-0.1, -0.05) is 0 Å². The van der Waals surface area contributed by atoms with Gasteiger partial charge in [0.2, 0.25) is 10.0 Å². The average molecular weight is 300 g/mol. The Balaban J connectivity index is 2.37. The topological polar surface area (TPSA) is 110 Å². The minimum atomic E-state index is -3.82. The van der Waals surface area contributed by atoms with Crippen molar-refractivity contribution in [1.82, 2.24) is 4.72 Å². The van der Waals surface area contributed by atoms with Crippen LogP contribution in [0.15, 0.2) is 17.0 Å². The fourth-order valence-corrected chi connectivity index (χ4v) is 3.76. The Bertz CT molecular complexity index is 650. The molecule has 0 atom stereocenters. The van der Waals surface area contributed by atoms with Gasteiger partial charge in [0, 0.05) is 18.2 Å². The number of rotatable bonds is 4. The molecule has 0 radical (unpaired) electrons. The summed E-state index contributed by atoms with van der Waals surface area (Å²) in [5.74, 6) is 0. The number of aliphatic hydroxyl groups is 1. The van der Waals surface area contributed by atoms with E-state index in [1.807, 2.05) is 0 Å². The van der Waals surface area contributed by atoms with E-state index in [0.717, 1.165) is 6.07 Å². The Kier molecular flexibility index (Phi) is 3.81. The molecular weight excluding hydrogens is 284 g/mol. The van der Waals surface area contributed by atoms with Crippen LogP contribution in [0, 0.1) is 24.0 Å². The zero-order valence-electron chi connectivity index (χ0n) is 11.2. The zero-order valence-corrected chi connectivity index (χ0v) is 12.0. The summed E-state index contributed by atoms with van der Waals surface area (Å²) in [5, 5.41) is 20.0. The summed E-state index contributed by atoms with van der Waals surface area (Å²) >= 11 is 0. The quantitative estimate of drug-likeness (QED) is 0.637. The van der Waals surface area contributed by atoms with Gasteiger partial charge in [-0.3, -0.25) is 10.1 Å². The van der Waals surface area contributed by atoms with Crippen LogP contribution in [-0.4, -0.2) is 30.6 Å². The Morgan fingerprint density at radius 2 is 1.95 bits per heavy atom. The lowest BCUT2D eigenvalue weighted by molar-refractivity contribution is -0.385. The van der Waals surface area contributed by atoms with E-state index >= 15 is 0 Å². The standard InChI is InChI=1S/C12H16N2O5S/c1-7-3-10(14(16)17)6-12(8(7)2)20(18,19)13-9-4-11(15)5-9/h3,6,9,11,13,15H,4-5H2,1-2H3. The summed E-state index contributed by atoms with van der Waals surface area (Å²) in [6, 6.07) is 2.11. The summed E-state index contributed by atoms with van der Waals surface area (Å²) in [4.78, 5) is 10.1. The van der Waals surface area contributed by atoms with Crippen molar-refractivity contribution in [2.45, 2.75) is 43.7 Å². The van der Waals surface area contributed by atoms with Crippen LogP contribution in [0.3, 0.4) is 0 Å². The molecule has 0 saturated heterocycles. The monoisotopic (exact) mass is 300 g/mol. The number of nitrogens with zero attached hydrogens (tertiary/aromatic N) is 1. The highest BCUT2D eigenvalue weighted by Gasteiger charge is 2.32. The highest BCUT2D eigenvalue weighted by Crippen LogP contribution is 2.27. The first-order valence-electron chi connectivity index (χ1n) is 6.16. The lowest BCUT2D eigenvalue weighted by atomic mass is 9.91. The van der Waals surface area contributed by atoms with E-state index in [9.17, 15) is 23.6 Å². The number of aliphatic hydroxyl groups excluding tert-OH is 1. The Morgan fingerprint density at radius 3 is 2.45 bits per heavy atom. The molecule has 1 saturated carbocycles. The van der Waals surface area contributed by atoms with Gasteiger partial charge in [0.15, 0.2) is 0 Å². The van der Waals surface area contributed by atoms with Crippen molar-refractivity contribution in [1.29, 1.82) is 0 Å². The Morgan fingerprint density at radius 1 is 1.35 bits per heavy atom. The molecule has 0 spiro atoms. The molecule has 0 bridgehead atoms. The first-order valence-corrected chi connectivity index (χ1v) is 7.65. The minimum Gasteiger partial charge on any atom is -0.393 e. The summed E-state index contributed by atoms with van der Waals surface area (Å²) in [7, 11) is -3.82. The van der Waals surface area contributed by atoms with E-state index in [4.69, 9.17) is 0 Å². The third-order valence-corrected chi connectivity index (χ3v) is 5.19. The van der Waals surface area contributed by atoms with Crippen molar-refractivity contribution < 1.29 is 18.4 Å². The van der Waals surface area contributed by atoms with Gasteiger partial charge in [-0.2, -0.15) is 0 Å². The second kappa shape index (κ2) is 5.12. The van der Waals surface area contributed by atoms with Crippen LogP contribution in [0.4, 0.5) is 5.69 Å². The molecule has 1 aliphatic rings. The highest BCUT2D eigenvalue weighted by atomic mass is 32.2. The fraction of sp³-hybridized carbons (Fsp3) is 0.500. The van der Waals surface area contributed by atoms with E-state index in [2.05, 4.69) is 4.72 Å². The van der Waals surface area contributed by atoms with Gasteiger partial charge in [-0.15, -0.1) is 0 Å². The molecule has 0 aliphatic heterocycles. The lowest BCUT2D eigenvalue weighted by Crippen LogP contribution is -2.46. The molecule has 20 heavy (non-hydrogen) atoms. The molecule has 1 fully saturated rings. The van der Waals surface area contributed by atoms with Crippen molar-refractivity contribution in [2.75, 3.05) is 0 Å². The lowest BCUT2D eigenvalue weighted by Gasteiger charge is -2.31. The van der Waals surface area contributed by atoms with E-state index in [1.54, 1.807) is 13.8 Å².